The number of rotatable bonds is 10. The summed E-state index contributed by atoms with van der Waals surface area (Å²) < 4.78 is 29.8. The van der Waals surface area contributed by atoms with E-state index in [1.54, 1.807) is 36.4 Å². The Morgan fingerprint density at radius 3 is 2.50 bits per heavy atom. The lowest BCUT2D eigenvalue weighted by molar-refractivity contribution is -0.136. The molecule has 0 saturated carbocycles. The normalized spacial score (nSPS) is 14.3. The van der Waals surface area contributed by atoms with Gasteiger partial charge < -0.3 is 23.7 Å². The number of fused-ring (bicyclic) bond motifs is 1. The number of aromatic nitrogens is 1. The number of carbonyl (C=O) groups excluding carboxylic acids is 1. The van der Waals surface area contributed by atoms with E-state index in [9.17, 15) is 9.59 Å². The third-order valence-corrected chi connectivity index (χ3v) is 7.55. The minimum atomic E-state index is -0.805. The number of esters is 1. The van der Waals surface area contributed by atoms with Crippen molar-refractivity contribution in [3.63, 3.8) is 0 Å². The van der Waals surface area contributed by atoms with Crippen LogP contribution in [-0.2, 0) is 9.53 Å². The summed E-state index contributed by atoms with van der Waals surface area (Å²) in [6, 6.07) is 9.81. The third kappa shape index (κ3) is 5.76. The van der Waals surface area contributed by atoms with E-state index in [1.165, 1.54) is 36.3 Å². The molecule has 0 unspecified atom stereocenters. The standard InChI is InChI=1S/C28H26BrN3O7S/c1-5-37-20-8-7-16(11-22(20)38-6-2)25-18(27(34)36-4)15-31-28-32(25)26(33)24(40-28)13-17-12-21(35-3)23(14-19(17)29)39-10-9-30/h7-8,11-15,25H,5-6,10H2,1-4H3/b24-13-/t25-/m1/s1. The third-order valence-electron chi connectivity index (χ3n) is 5.87. The summed E-state index contributed by atoms with van der Waals surface area (Å²) in [4.78, 5) is 31.5. The fourth-order valence-corrected chi connectivity index (χ4v) is 5.57. The average Bonchev–Trinajstić information content (AvgIpc) is 3.28. The minimum Gasteiger partial charge on any atom is -0.493 e. The van der Waals surface area contributed by atoms with Crippen LogP contribution in [0.25, 0.3) is 6.08 Å². The Hall–Kier alpha value is -4.08. The van der Waals surface area contributed by atoms with Crippen LogP contribution >= 0.6 is 27.3 Å². The van der Waals surface area contributed by atoms with E-state index in [0.717, 1.165) is 0 Å². The summed E-state index contributed by atoms with van der Waals surface area (Å²) in [6.07, 6.45) is 3.13. The quantitative estimate of drug-likeness (QED) is 0.313. The van der Waals surface area contributed by atoms with Crippen LogP contribution in [0.4, 0.5) is 0 Å². The lowest BCUT2D eigenvalue weighted by atomic mass is 9.97. The van der Waals surface area contributed by atoms with Crippen LogP contribution in [0, 0.1) is 11.3 Å². The summed E-state index contributed by atoms with van der Waals surface area (Å²) in [6.45, 7) is 4.46. The van der Waals surface area contributed by atoms with Crippen molar-refractivity contribution in [2.45, 2.75) is 19.9 Å². The number of nitrogens with zero attached hydrogens (tertiary/aromatic N) is 3. The molecule has 0 N–H and O–H groups in total. The molecule has 0 fully saturated rings. The molecule has 1 atom stereocenters. The van der Waals surface area contributed by atoms with E-state index in [-0.39, 0.29) is 17.7 Å². The van der Waals surface area contributed by atoms with Crippen LogP contribution in [0.2, 0.25) is 0 Å². The number of hydrogen-bond donors (Lipinski definition) is 0. The average molecular weight is 629 g/mol. The lowest BCUT2D eigenvalue weighted by Gasteiger charge is -2.23. The van der Waals surface area contributed by atoms with Crippen LogP contribution in [0.1, 0.15) is 31.0 Å². The number of thiazole rings is 1. The van der Waals surface area contributed by atoms with Gasteiger partial charge in [0.2, 0.25) is 0 Å². The molecule has 0 aliphatic carbocycles. The van der Waals surface area contributed by atoms with Crippen LogP contribution in [-0.4, -0.2) is 44.6 Å². The molecule has 1 aromatic heterocycles. The zero-order chi connectivity index (χ0) is 28.8. The van der Waals surface area contributed by atoms with Crippen molar-refractivity contribution >= 4 is 39.3 Å². The first-order valence-electron chi connectivity index (χ1n) is 12.2. The highest BCUT2D eigenvalue weighted by Gasteiger charge is 2.31. The molecule has 0 amide bonds. The predicted molar refractivity (Wildman–Crippen MR) is 152 cm³/mol. The maximum atomic E-state index is 13.9. The number of ether oxygens (including phenoxy) is 5. The molecule has 40 heavy (non-hydrogen) atoms. The zero-order valence-electron chi connectivity index (χ0n) is 22.2. The molecule has 10 nitrogen and oxygen atoms in total. The molecule has 2 heterocycles. The molecule has 4 rings (SSSR count). The molecule has 2 aromatic carbocycles. The molecule has 0 saturated heterocycles. The fourth-order valence-electron chi connectivity index (χ4n) is 4.17. The second kappa shape index (κ2) is 12.8. The van der Waals surface area contributed by atoms with Gasteiger partial charge in [-0.25, -0.2) is 9.79 Å². The number of benzene rings is 2. The first-order chi connectivity index (χ1) is 19.4. The van der Waals surface area contributed by atoms with Gasteiger partial charge in [-0.1, -0.05) is 33.3 Å². The van der Waals surface area contributed by atoms with E-state index in [0.29, 0.717) is 61.1 Å². The second-order valence-corrected chi connectivity index (χ2v) is 10.1. The van der Waals surface area contributed by atoms with Crippen molar-refractivity contribution in [3.8, 4) is 29.1 Å². The number of halogens is 1. The summed E-state index contributed by atoms with van der Waals surface area (Å²) in [5.74, 6) is 1.25. The summed E-state index contributed by atoms with van der Waals surface area (Å²) in [7, 11) is 2.77. The maximum Gasteiger partial charge on any atom is 0.337 e. The van der Waals surface area contributed by atoms with Gasteiger partial charge in [0, 0.05) is 10.7 Å². The predicted octanol–water partition coefficient (Wildman–Crippen LogP) is 3.49. The number of methoxy groups -OCH3 is 2. The van der Waals surface area contributed by atoms with Gasteiger partial charge >= 0.3 is 5.97 Å². The molecule has 3 aromatic rings. The second-order valence-electron chi connectivity index (χ2n) is 8.22. The zero-order valence-corrected chi connectivity index (χ0v) is 24.6. The molecule has 1 aliphatic heterocycles. The Bertz CT molecular complexity index is 1690. The largest absolute Gasteiger partial charge is 0.493 e. The van der Waals surface area contributed by atoms with Gasteiger partial charge in [0.15, 0.2) is 34.4 Å². The van der Waals surface area contributed by atoms with E-state index in [4.69, 9.17) is 28.9 Å². The molecule has 1 aliphatic rings. The van der Waals surface area contributed by atoms with Crippen molar-refractivity contribution < 1.29 is 28.5 Å². The summed E-state index contributed by atoms with van der Waals surface area (Å²) in [5.41, 5.74) is 1.14. The molecule has 0 radical (unpaired) electrons. The van der Waals surface area contributed by atoms with Gasteiger partial charge in [0.1, 0.15) is 6.07 Å². The van der Waals surface area contributed by atoms with Gasteiger partial charge in [-0.3, -0.25) is 9.36 Å². The van der Waals surface area contributed by atoms with Crippen molar-refractivity contribution in [2.75, 3.05) is 34.0 Å². The van der Waals surface area contributed by atoms with E-state index in [2.05, 4.69) is 20.9 Å². The number of carbonyl (C=O) groups is 1. The monoisotopic (exact) mass is 627 g/mol. The highest BCUT2D eigenvalue weighted by molar-refractivity contribution is 9.10. The Morgan fingerprint density at radius 1 is 1.10 bits per heavy atom. The van der Waals surface area contributed by atoms with Crippen molar-refractivity contribution in [1.29, 1.82) is 5.26 Å². The van der Waals surface area contributed by atoms with Crippen LogP contribution in [0.5, 0.6) is 23.0 Å². The smallest absolute Gasteiger partial charge is 0.337 e. The maximum absolute atomic E-state index is 13.9. The Balaban J connectivity index is 1.88. The molecular formula is C28H26BrN3O7S. The Kier molecular flexibility index (Phi) is 9.29. The Morgan fingerprint density at radius 2 is 1.82 bits per heavy atom. The van der Waals surface area contributed by atoms with Crippen LogP contribution < -0.4 is 33.8 Å². The number of hydrogen-bond acceptors (Lipinski definition) is 10. The highest BCUT2D eigenvalue weighted by Crippen LogP contribution is 2.36. The summed E-state index contributed by atoms with van der Waals surface area (Å²) >= 11 is 4.69. The molecule has 0 spiro atoms. The molecule has 0 bridgehead atoms. The first kappa shape index (κ1) is 28.9. The SMILES string of the molecule is CCOc1ccc([C@@H]2C(C(=O)OC)=CN=c3s/c(=C\c4cc(OC)c(OCC#N)cc4Br)c(=O)n32)cc1OCC. The van der Waals surface area contributed by atoms with Gasteiger partial charge in [-0.2, -0.15) is 5.26 Å². The van der Waals surface area contributed by atoms with E-state index >= 15 is 0 Å². The van der Waals surface area contributed by atoms with Gasteiger partial charge in [0.25, 0.3) is 5.56 Å². The molecular weight excluding hydrogens is 602 g/mol. The van der Waals surface area contributed by atoms with Crippen LogP contribution in [0.3, 0.4) is 0 Å². The fraction of sp³-hybridized carbons (Fsp3) is 0.286. The highest BCUT2D eigenvalue weighted by atomic mass is 79.9. The summed E-state index contributed by atoms with van der Waals surface area (Å²) in [5, 5.41) is 8.85. The van der Waals surface area contributed by atoms with Crippen molar-refractivity contribution in [3.05, 3.63) is 77.4 Å². The van der Waals surface area contributed by atoms with Crippen molar-refractivity contribution in [1.82, 2.24) is 4.57 Å². The van der Waals surface area contributed by atoms with E-state index in [1.807, 2.05) is 19.9 Å². The Labute approximate surface area is 242 Å². The molecule has 12 heteroatoms. The van der Waals surface area contributed by atoms with E-state index < -0.39 is 12.0 Å². The molecule has 208 valence electrons. The number of nitriles is 1. The minimum absolute atomic E-state index is 0.139. The van der Waals surface area contributed by atoms with Gasteiger partial charge in [0.05, 0.1) is 43.6 Å². The lowest BCUT2D eigenvalue weighted by Crippen LogP contribution is -2.39. The first-order valence-corrected chi connectivity index (χ1v) is 13.8. The topological polar surface area (TPSA) is 121 Å². The van der Waals surface area contributed by atoms with Gasteiger partial charge in [-0.05, 0) is 55.3 Å². The van der Waals surface area contributed by atoms with Crippen molar-refractivity contribution in [2.24, 2.45) is 4.99 Å². The van der Waals surface area contributed by atoms with Crippen LogP contribution in [0.15, 0.2) is 56.4 Å². The van der Waals surface area contributed by atoms with Gasteiger partial charge in [-0.15, -0.1) is 0 Å².